The Hall–Kier alpha value is -0.770. The number of nitriles is 1. The predicted molar refractivity (Wildman–Crippen MR) is 101 cm³/mol. The van der Waals surface area contributed by atoms with E-state index in [1.54, 1.807) is 0 Å². The lowest BCUT2D eigenvalue weighted by atomic mass is 9.39. The molecule has 1 nitrogen and oxygen atoms in total. The van der Waals surface area contributed by atoms with Crippen LogP contribution < -0.4 is 0 Å². The second-order valence-corrected chi connectivity index (χ2v) is 9.30. The number of allylic oxidation sites excluding steroid dienone is 1. The maximum Gasteiger partial charge on any atom is 0.0621 e. The summed E-state index contributed by atoms with van der Waals surface area (Å²) in [6.07, 6.45) is 14.3. The van der Waals surface area contributed by atoms with Crippen LogP contribution in [0.5, 0.6) is 0 Å². The molecule has 0 spiro atoms. The fourth-order valence-electron chi connectivity index (χ4n) is 7.65. The molecule has 0 saturated heterocycles. The molecule has 3 saturated carbocycles. The summed E-state index contributed by atoms with van der Waals surface area (Å²) in [5, 5.41) is 9.09. The van der Waals surface area contributed by atoms with Crippen molar-refractivity contribution < 1.29 is 0 Å². The van der Waals surface area contributed by atoms with Gasteiger partial charge in [-0.05, 0) is 92.3 Å². The Morgan fingerprint density at radius 3 is 2.62 bits per heavy atom. The molecule has 0 aromatic rings. The minimum absolute atomic E-state index is 0.572. The number of rotatable bonds is 4. The summed E-state index contributed by atoms with van der Waals surface area (Å²) < 4.78 is 0. The van der Waals surface area contributed by atoms with Crippen LogP contribution in [0.3, 0.4) is 0 Å². The van der Waals surface area contributed by atoms with Crippen molar-refractivity contribution in [3.05, 3.63) is 12.2 Å². The van der Waals surface area contributed by atoms with Crippen LogP contribution in [0.4, 0.5) is 0 Å². The standard InChI is InChI=1S/C23H37N/c1-5-22-13-12-20-19(8-7-15-24)18(4)9-10-21(20)23(22,6-2)14-11-17(3)16-22/h17,19-21H,4-14,16H2,1-3H3/t17-,19?,20-,21?,22+,23+/m0/s1. The molecule has 0 N–H and O–H groups in total. The van der Waals surface area contributed by atoms with Crippen molar-refractivity contribution in [1.82, 2.24) is 0 Å². The molecule has 0 radical (unpaired) electrons. The molecule has 0 bridgehead atoms. The summed E-state index contributed by atoms with van der Waals surface area (Å²) in [7, 11) is 0. The molecule has 24 heavy (non-hydrogen) atoms. The predicted octanol–water partition coefficient (Wildman–Crippen LogP) is 6.90. The molecule has 0 aromatic carbocycles. The first-order valence-corrected chi connectivity index (χ1v) is 10.6. The highest BCUT2D eigenvalue weighted by molar-refractivity contribution is 5.16. The van der Waals surface area contributed by atoms with Crippen molar-refractivity contribution >= 4 is 0 Å². The highest BCUT2D eigenvalue weighted by Crippen LogP contribution is 2.69. The van der Waals surface area contributed by atoms with Gasteiger partial charge in [-0.15, -0.1) is 0 Å². The van der Waals surface area contributed by atoms with Crippen molar-refractivity contribution in [2.45, 2.75) is 91.4 Å². The molecule has 1 heteroatoms. The van der Waals surface area contributed by atoms with Crippen LogP contribution in [0, 0.1) is 45.8 Å². The van der Waals surface area contributed by atoms with Crippen LogP contribution in [-0.2, 0) is 0 Å². The SMILES string of the molecule is C=C1CCC2[C@@H](CC[C@]3(CC)C[C@@H](C)CC[C@]23CC)C1CCC#N. The zero-order chi connectivity index (χ0) is 17.4. The molecule has 0 aliphatic heterocycles. The molecule has 0 amide bonds. The van der Waals surface area contributed by atoms with Crippen molar-refractivity contribution in [1.29, 1.82) is 5.26 Å². The van der Waals surface area contributed by atoms with Gasteiger partial charge in [-0.3, -0.25) is 0 Å². The van der Waals surface area contributed by atoms with Gasteiger partial charge in [0, 0.05) is 6.42 Å². The van der Waals surface area contributed by atoms with Gasteiger partial charge >= 0.3 is 0 Å². The highest BCUT2D eigenvalue weighted by atomic mass is 14.6. The zero-order valence-electron chi connectivity index (χ0n) is 16.2. The topological polar surface area (TPSA) is 23.8 Å². The van der Waals surface area contributed by atoms with Gasteiger partial charge in [-0.25, -0.2) is 0 Å². The molecule has 0 heterocycles. The maximum atomic E-state index is 9.09. The summed E-state index contributed by atoms with van der Waals surface area (Å²) in [5.74, 6) is 3.24. The van der Waals surface area contributed by atoms with Crippen LogP contribution in [0.15, 0.2) is 12.2 Å². The van der Waals surface area contributed by atoms with Gasteiger partial charge in [0.05, 0.1) is 6.07 Å². The molecule has 3 fully saturated rings. The number of nitrogens with zero attached hydrogens (tertiary/aromatic N) is 1. The lowest BCUT2D eigenvalue weighted by molar-refractivity contribution is -0.157. The van der Waals surface area contributed by atoms with E-state index in [9.17, 15) is 0 Å². The van der Waals surface area contributed by atoms with E-state index >= 15 is 0 Å². The minimum atomic E-state index is 0.572. The second kappa shape index (κ2) is 6.86. The molecular formula is C23H37N. The highest BCUT2D eigenvalue weighted by Gasteiger charge is 2.60. The van der Waals surface area contributed by atoms with Gasteiger partial charge in [-0.2, -0.15) is 5.26 Å². The monoisotopic (exact) mass is 327 g/mol. The van der Waals surface area contributed by atoms with E-state index in [0.717, 1.165) is 24.2 Å². The number of fused-ring (bicyclic) bond motifs is 3. The van der Waals surface area contributed by atoms with E-state index in [-0.39, 0.29) is 0 Å². The molecule has 2 unspecified atom stereocenters. The first kappa shape index (κ1) is 18.0. The second-order valence-electron chi connectivity index (χ2n) is 9.30. The molecule has 3 rings (SSSR count). The summed E-state index contributed by atoms with van der Waals surface area (Å²) in [5.41, 5.74) is 2.63. The van der Waals surface area contributed by atoms with Gasteiger partial charge in [0.2, 0.25) is 0 Å². The van der Waals surface area contributed by atoms with Crippen molar-refractivity contribution in [2.75, 3.05) is 0 Å². The average molecular weight is 328 g/mol. The van der Waals surface area contributed by atoms with Crippen LogP contribution in [0.1, 0.15) is 91.4 Å². The van der Waals surface area contributed by atoms with Crippen LogP contribution >= 0.6 is 0 Å². The van der Waals surface area contributed by atoms with Crippen LogP contribution in [0.2, 0.25) is 0 Å². The smallest absolute Gasteiger partial charge is 0.0621 e. The third-order valence-electron chi connectivity index (χ3n) is 8.75. The van der Waals surface area contributed by atoms with E-state index in [4.69, 9.17) is 5.26 Å². The molecule has 0 aromatic heterocycles. The Morgan fingerprint density at radius 1 is 1.17 bits per heavy atom. The normalized spacial score (nSPS) is 45.2. The fourth-order valence-corrected chi connectivity index (χ4v) is 7.65. The molecule has 6 atom stereocenters. The maximum absolute atomic E-state index is 9.09. The lowest BCUT2D eigenvalue weighted by Gasteiger charge is -2.66. The minimum Gasteiger partial charge on any atom is -0.198 e. The number of hydrogen-bond acceptors (Lipinski definition) is 1. The van der Waals surface area contributed by atoms with Crippen molar-refractivity contribution in [3.8, 4) is 6.07 Å². The summed E-state index contributed by atoms with van der Waals surface area (Å²) in [6, 6.07) is 2.39. The van der Waals surface area contributed by atoms with Crippen LogP contribution in [-0.4, -0.2) is 0 Å². The largest absolute Gasteiger partial charge is 0.198 e. The molecule has 134 valence electrons. The molecule has 3 aliphatic carbocycles. The first-order valence-electron chi connectivity index (χ1n) is 10.6. The third-order valence-corrected chi connectivity index (χ3v) is 8.75. The summed E-state index contributed by atoms with van der Waals surface area (Å²) in [4.78, 5) is 0. The van der Waals surface area contributed by atoms with Gasteiger partial charge in [0.1, 0.15) is 0 Å². The van der Waals surface area contributed by atoms with Gasteiger partial charge in [-0.1, -0.05) is 39.3 Å². The van der Waals surface area contributed by atoms with Crippen molar-refractivity contribution in [3.63, 3.8) is 0 Å². The van der Waals surface area contributed by atoms with E-state index in [0.29, 0.717) is 23.2 Å². The quantitative estimate of drug-likeness (QED) is 0.515. The Labute approximate surface area is 149 Å². The zero-order valence-corrected chi connectivity index (χ0v) is 16.2. The Balaban J connectivity index is 1.95. The average Bonchev–Trinajstić information content (AvgIpc) is 2.60. The fraction of sp³-hybridized carbons (Fsp3) is 0.870. The summed E-state index contributed by atoms with van der Waals surface area (Å²) >= 11 is 0. The molecule has 3 aliphatic rings. The lowest BCUT2D eigenvalue weighted by Crippen LogP contribution is -2.57. The summed E-state index contributed by atoms with van der Waals surface area (Å²) in [6.45, 7) is 11.9. The van der Waals surface area contributed by atoms with Gasteiger partial charge < -0.3 is 0 Å². The van der Waals surface area contributed by atoms with E-state index in [1.165, 1.54) is 63.4 Å². The third kappa shape index (κ3) is 2.56. The van der Waals surface area contributed by atoms with Gasteiger partial charge in [0.15, 0.2) is 0 Å². The Bertz CT molecular complexity index is 515. The van der Waals surface area contributed by atoms with Crippen LogP contribution in [0.25, 0.3) is 0 Å². The number of hydrogen-bond donors (Lipinski definition) is 0. The van der Waals surface area contributed by atoms with E-state index in [2.05, 4.69) is 33.4 Å². The first-order chi connectivity index (χ1) is 11.5. The Morgan fingerprint density at radius 2 is 1.96 bits per heavy atom. The van der Waals surface area contributed by atoms with Gasteiger partial charge in [0.25, 0.3) is 0 Å². The molecular weight excluding hydrogens is 290 g/mol. The van der Waals surface area contributed by atoms with E-state index in [1.807, 2.05) is 0 Å². The van der Waals surface area contributed by atoms with Crippen molar-refractivity contribution in [2.24, 2.45) is 34.5 Å². The Kier molecular flexibility index (Phi) is 5.15. The van der Waals surface area contributed by atoms with E-state index < -0.39 is 0 Å².